The highest BCUT2D eigenvalue weighted by Crippen LogP contribution is 2.23. The summed E-state index contributed by atoms with van der Waals surface area (Å²) in [5.74, 6) is 0.723. The van der Waals surface area contributed by atoms with Gasteiger partial charge in [-0.3, -0.25) is 5.43 Å². The number of thiocarbonyl (C=S) groups is 1. The van der Waals surface area contributed by atoms with Gasteiger partial charge in [0.1, 0.15) is 0 Å². The van der Waals surface area contributed by atoms with Crippen LogP contribution in [0.1, 0.15) is 64.7 Å². The number of hydrogen-bond donors (Lipinski definition) is 2. The van der Waals surface area contributed by atoms with E-state index in [1.54, 1.807) is 0 Å². The summed E-state index contributed by atoms with van der Waals surface area (Å²) in [6, 6.07) is 0.533. The third-order valence-corrected chi connectivity index (χ3v) is 4.38. The molecule has 4 heteroatoms. The zero-order chi connectivity index (χ0) is 12.8. The average molecular weight is 267 g/mol. The fraction of sp³-hybridized carbons (Fsp3) is 0.857. The fourth-order valence-corrected chi connectivity index (χ4v) is 3.13. The lowest BCUT2D eigenvalue weighted by Crippen LogP contribution is -2.44. The number of nitrogens with zero attached hydrogens (tertiary/aromatic N) is 1. The SMILES string of the molecule is C[C@H]1CCCC[C@@H]1NC(=S)NN=C1CCCCC1. The third-order valence-electron chi connectivity index (χ3n) is 4.17. The van der Waals surface area contributed by atoms with E-state index < -0.39 is 0 Å². The van der Waals surface area contributed by atoms with Crippen molar-refractivity contribution in [3.05, 3.63) is 0 Å². The van der Waals surface area contributed by atoms with E-state index in [1.165, 1.54) is 50.7 Å². The van der Waals surface area contributed by atoms with E-state index in [0.29, 0.717) is 11.2 Å². The van der Waals surface area contributed by atoms with Gasteiger partial charge in [0.15, 0.2) is 5.11 Å². The second kappa shape index (κ2) is 7.07. The van der Waals surface area contributed by atoms with Crippen LogP contribution >= 0.6 is 12.2 Å². The predicted octanol–water partition coefficient (Wildman–Crippen LogP) is 3.35. The van der Waals surface area contributed by atoms with E-state index in [0.717, 1.165) is 18.8 Å². The van der Waals surface area contributed by atoms with Crippen molar-refractivity contribution in [2.75, 3.05) is 0 Å². The first-order chi connectivity index (χ1) is 8.75. The largest absolute Gasteiger partial charge is 0.358 e. The van der Waals surface area contributed by atoms with E-state index in [9.17, 15) is 0 Å². The van der Waals surface area contributed by atoms with Crippen molar-refractivity contribution in [1.82, 2.24) is 10.7 Å². The first-order valence-corrected chi connectivity index (χ1v) is 7.78. The summed E-state index contributed by atoms with van der Waals surface area (Å²) in [7, 11) is 0. The molecule has 2 atom stereocenters. The van der Waals surface area contributed by atoms with E-state index in [-0.39, 0.29) is 0 Å². The Labute approximate surface area is 116 Å². The highest BCUT2D eigenvalue weighted by atomic mass is 32.1. The zero-order valence-electron chi connectivity index (χ0n) is 11.4. The molecule has 2 N–H and O–H groups in total. The van der Waals surface area contributed by atoms with Crippen LogP contribution in [0.2, 0.25) is 0 Å². The van der Waals surface area contributed by atoms with Gasteiger partial charge in [0.05, 0.1) is 0 Å². The predicted molar refractivity (Wildman–Crippen MR) is 80.8 cm³/mol. The van der Waals surface area contributed by atoms with Crippen LogP contribution in [0.4, 0.5) is 0 Å². The molecule has 2 aliphatic rings. The lowest BCUT2D eigenvalue weighted by Gasteiger charge is -2.30. The molecule has 0 saturated heterocycles. The molecule has 0 unspecified atom stereocenters. The van der Waals surface area contributed by atoms with Gasteiger partial charge in [0.2, 0.25) is 0 Å². The Kier molecular flexibility index (Phi) is 5.42. The topological polar surface area (TPSA) is 36.4 Å². The molecule has 2 fully saturated rings. The van der Waals surface area contributed by atoms with Crippen molar-refractivity contribution >= 4 is 23.0 Å². The Morgan fingerprint density at radius 1 is 1.11 bits per heavy atom. The maximum Gasteiger partial charge on any atom is 0.187 e. The average Bonchev–Trinajstić information content (AvgIpc) is 2.40. The molecule has 2 rings (SSSR count). The normalized spacial score (nSPS) is 28.6. The highest BCUT2D eigenvalue weighted by Gasteiger charge is 2.21. The molecular weight excluding hydrogens is 242 g/mol. The third kappa shape index (κ3) is 4.23. The van der Waals surface area contributed by atoms with Crippen LogP contribution in [0.15, 0.2) is 5.10 Å². The summed E-state index contributed by atoms with van der Waals surface area (Å²) in [5, 5.41) is 8.56. The van der Waals surface area contributed by atoms with Crippen LogP contribution in [0.25, 0.3) is 0 Å². The van der Waals surface area contributed by atoms with Crippen molar-refractivity contribution in [3.63, 3.8) is 0 Å². The second-order valence-corrected chi connectivity index (χ2v) is 6.10. The molecule has 18 heavy (non-hydrogen) atoms. The van der Waals surface area contributed by atoms with Crippen LogP contribution in [-0.4, -0.2) is 16.9 Å². The molecule has 0 heterocycles. The molecule has 0 aliphatic heterocycles. The van der Waals surface area contributed by atoms with Crippen LogP contribution in [0.3, 0.4) is 0 Å². The summed E-state index contributed by atoms with van der Waals surface area (Å²) in [5.41, 5.74) is 4.31. The van der Waals surface area contributed by atoms with Gasteiger partial charge in [-0.25, -0.2) is 0 Å². The summed E-state index contributed by atoms with van der Waals surface area (Å²) in [6.07, 6.45) is 11.4. The number of nitrogens with one attached hydrogen (secondary N) is 2. The Bertz CT molecular complexity index is 306. The molecular formula is C14H25N3S. The van der Waals surface area contributed by atoms with Crippen molar-refractivity contribution in [3.8, 4) is 0 Å². The number of hydrogen-bond acceptors (Lipinski definition) is 2. The van der Waals surface area contributed by atoms with Gasteiger partial charge >= 0.3 is 0 Å². The van der Waals surface area contributed by atoms with E-state index in [2.05, 4.69) is 22.8 Å². The minimum absolute atomic E-state index is 0.533. The van der Waals surface area contributed by atoms with Crippen molar-refractivity contribution in [2.45, 2.75) is 70.8 Å². The Morgan fingerprint density at radius 2 is 1.83 bits per heavy atom. The number of rotatable bonds is 2. The molecule has 0 aromatic carbocycles. The maximum atomic E-state index is 5.33. The molecule has 0 aromatic rings. The van der Waals surface area contributed by atoms with Crippen LogP contribution in [-0.2, 0) is 0 Å². The van der Waals surface area contributed by atoms with Crippen molar-refractivity contribution < 1.29 is 0 Å². The quantitative estimate of drug-likeness (QED) is 0.595. The molecule has 102 valence electrons. The summed E-state index contributed by atoms with van der Waals surface area (Å²) in [4.78, 5) is 0. The Morgan fingerprint density at radius 3 is 2.56 bits per heavy atom. The van der Waals surface area contributed by atoms with E-state index in [1.807, 2.05) is 0 Å². The Hall–Kier alpha value is -0.640. The Balaban J connectivity index is 1.74. The number of hydrazone groups is 1. The van der Waals surface area contributed by atoms with Crippen LogP contribution < -0.4 is 10.7 Å². The van der Waals surface area contributed by atoms with E-state index >= 15 is 0 Å². The fourth-order valence-electron chi connectivity index (χ4n) is 2.93. The zero-order valence-corrected chi connectivity index (χ0v) is 12.2. The lowest BCUT2D eigenvalue weighted by molar-refractivity contribution is 0.308. The van der Waals surface area contributed by atoms with Gasteiger partial charge in [-0.1, -0.05) is 26.2 Å². The van der Waals surface area contributed by atoms with Gasteiger partial charge in [0.25, 0.3) is 0 Å². The molecule has 2 saturated carbocycles. The van der Waals surface area contributed by atoms with Gasteiger partial charge in [-0.2, -0.15) is 5.10 Å². The van der Waals surface area contributed by atoms with Gasteiger partial charge in [0, 0.05) is 11.8 Å². The highest BCUT2D eigenvalue weighted by molar-refractivity contribution is 7.80. The van der Waals surface area contributed by atoms with Gasteiger partial charge in [-0.15, -0.1) is 0 Å². The minimum atomic E-state index is 0.533. The first-order valence-electron chi connectivity index (χ1n) is 7.37. The molecule has 2 aliphatic carbocycles. The smallest absolute Gasteiger partial charge is 0.187 e. The first kappa shape index (κ1) is 13.8. The van der Waals surface area contributed by atoms with E-state index in [4.69, 9.17) is 12.2 Å². The van der Waals surface area contributed by atoms with Crippen molar-refractivity contribution in [1.29, 1.82) is 0 Å². The van der Waals surface area contributed by atoms with Crippen molar-refractivity contribution in [2.24, 2.45) is 11.0 Å². The molecule has 3 nitrogen and oxygen atoms in total. The van der Waals surface area contributed by atoms with Crippen LogP contribution in [0, 0.1) is 5.92 Å². The lowest BCUT2D eigenvalue weighted by atomic mass is 9.86. The van der Waals surface area contributed by atoms with Gasteiger partial charge < -0.3 is 5.32 Å². The molecule has 0 bridgehead atoms. The molecule has 0 amide bonds. The molecule has 0 aromatic heterocycles. The summed E-state index contributed by atoms with van der Waals surface area (Å²) < 4.78 is 0. The van der Waals surface area contributed by atoms with Crippen LogP contribution in [0.5, 0.6) is 0 Å². The monoisotopic (exact) mass is 267 g/mol. The summed E-state index contributed by atoms with van der Waals surface area (Å²) >= 11 is 5.33. The summed E-state index contributed by atoms with van der Waals surface area (Å²) in [6.45, 7) is 2.31. The molecule has 0 spiro atoms. The minimum Gasteiger partial charge on any atom is -0.358 e. The second-order valence-electron chi connectivity index (χ2n) is 5.69. The molecule has 0 radical (unpaired) electrons. The standard InChI is InChI=1S/C14H25N3S/c1-11-7-5-6-10-13(11)15-14(18)17-16-12-8-3-2-4-9-12/h11,13H,2-10H2,1H3,(H2,15,17,18)/t11-,13-/m0/s1. The van der Waals surface area contributed by atoms with Gasteiger partial charge in [-0.05, 0) is 56.7 Å². The maximum absolute atomic E-state index is 5.33.